The smallest absolute Gasteiger partial charge is 0.254 e. The van der Waals surface area contributed by atoms with Crippen molar-refractivity contribution >= 4 is 39.5 Å². The van der Waals surface area contributed by atoms with Crippen LogP contribution in [0.2, 0.25) is 0 Å². The average Bonchev–Trinajstić information content (AvgIpc) is 2.69. The molecule has 140 valence electrons. The van der Waals surface area contributed by atoms with Crippen molar-refractivity contribution in [2.75, 3.05) is 31.6 Å². The summed E-state index contributed by atoms with van der Waals surface area (Å²) in [5.74, 6) is -0.851. The van der Waals surface area contributed by atoms with Gasteiger partial charge in [0.1, 0.15) is 5.82 Å². The number of halogens is 2. The van der Waals surface area contributed by atoms with Crippen molar-refractivity contribution in [2.24, 2.45) is 0 Å². The molecule has 1 N–H and O–H groups in total. The Balaban J connectivity index is 1.60. The Morgan fingerprint density at radius 3 is 2.52 bits per heavy atom. The van der Waals surface area contributed by atoms with Gasteiger partial charge < -0.3 is 15.0 Å². The Labute approximate surface area is 164 Å². The Morgan fingerprint density at radius 1 is 1.11 bits per heavy atom. The number of anilines is 1. The first-order valence-electron chi connectivity index (χ1n) is 8.44. The molecule has 2 aromatic rings. The van der Waals surface area contributed by atoms with Crippen LogP contribution in [0.3, 0.4) is 0 Å². The summed E-state index contributed by atoms with van der Waals surface area (Å²) < 4.78 is 19.6. The van der Waals surface area contributed by atoms with Gasteiger partial charge in [-0.1, -0.05) is 15.9 Å². The summed E-state index contributed by atoms with van der Waals surface area (Å²) in [6.07, 6.45) is 2.67. The van der Waals surface area contributed by atoms with Crippen LogP contribution in [-0.2, 0) is 9.53 Å². The first-order chi connectivity index (χ1) is 13.0. The van der Waals surface area contributed by atoms with E-state index in [9.17, 15) is 14.0 Å². The van der Waals surface area contributed by atoms with Crippen molar-refractivity contribution in [2.45, 2.75) is 0 Å². The van der Waals surface area contributed by atoms with Gasteiger partial charge >= 0.3 is 0 Å². The summed E-state index contributed by atoms with van der Waals surface area (Å²) in [6, 6.07) is 11.2. The van der Waals surface area contributed by atoms with Crippen LogP contribution < -0.4 is 5.32 Å². The van der Waals surface area contributed by atoms with Crippen molar-refractivity contribution in [3.8, 4) is 0 Å². The normalized spacial score (nSPS) is 14.4. The Bertz CT molecular complexity index is 862. The number of carbonyl (C=O) groups excluding carboxylic acids is 2. The van der Waals surface area contributed by atoms with Crippen LogP contribution >= 0.6 is 15.9 Å². The molecule has 2 amide bonds. The molecule has 0 aromatic heterocycles. The highest BCUT2D eigenvalue weighted by Gasteiger charge is 2.18. The third kappa shape index (κ3) is 5.24. The number of hydrogen-bond donors (Lipinski definition) is 1. The fourth-order valence-corrected chi connectivity index (χ4v) is 3.02. The lowest BCUT2D eigenvalue weighted by Gasteiger charge is -2.26. The molecule has 0 bridgehead atoms. The van der Waals surface area contributed by atoms with Gasteiger partial charge in [0.25, 0.3) is 5.91 Å². The number of ether oxygens (including phenoxy) is 1. The highest BCUT2D eigenvalue weighted by atomic mass is 79.9. The lowest BCUT2D eigenvalue weighted by molar-refractivity contribution is -0.111. The molecule has 1 aliphatic rings. The molecule has 1 aliphatic heterocycles. The molecule has 0 radical (unpaired) electrons. The predicted molar refractivity (Wildman–Crippen MR) is 105 cm³/mol. The maximum atomic E-state index is 13.7. The van der Waals surface area contributed by atoms with Gasteiger partial charge in [-0.3, -0.25) is 9.59 Å². The van der Waals surface area contributed by atoms with Crippen LogP contribution in [0.25, 0.3) is 6.08 Å². The molecule has 0 atom stereocenters. The molecule has 0 spiro atoms. The van der Waals surface area contributed by atoms with Crippen molar-refractivity contribution in [1.82, 2.24) is 4.90 Å². The highest BCUT2D eigenvalue weighted by molar-refractivity contribution is 9.10. The molecule has 0 unspecified atom stereocenters. The van der Waals surface area contributed by atoms with Crippen LogP contribution in [0.4, 0.5) is 10.1 Å². The van der Waals surface area contributed by atoms with E-state index in [1.165, 1.54) is 18.2 Å². The number of nitrogens with zero attached hydrogens (tertiary/aromatic N) is 1. The van der Waals surface area contributed by atoms with E-state index in [4.69, 9.17) is 4.74 Å². The predicted octanol–water partition coefficient (Wildman–Crippen LogP) is 3.71. The van der Waals surface area contributed by atoms with Crippen LogP contribution in [0.15, 0.2) is 53.0 Å². The average molecular weight is 433 g/mol. The van der Waals surface area contributed by atoms with Gasteiger partial charge in [-0.05, 0) is 48.5 Å². The Morgan fingerprint density at radius 2 is 1.81 bits per heavy atom. The van der Waals surface area contributed by atoms with Gasteiger partial charge in [-0.2, -0.15) is 0 Å². The molecule has 1 saturated heterocycles. The van der Waals surface area contributed by atoms with E-state index >= 15 is 0 Å². The highest BCUT2D eigenvalue weighted by Crippen LogP contribution is 2.17. The number of morpholine rings is 1. The van der Waals surface area contributed by atoms with Crippen LogP contribution in [-0.4, -0.2) is 43.0 Å². The molecule has 0 aliphatic carbocycles. The zero-order valence-corrected chi connectivity index (χ0v) is 16.0. The number of hydrogen-bond acceptors (Lipinski definition) is 3. The van der Waals surface area contributed by atoms with Crippen molar-refractivity contribution in [3.63, 3.8) is 0 Å². The van der Waals surface area contributed by atoms with E-state index in [0.29, 0.717) is 43.1 Å². The van der Waals surface area contributed by atoms with Crippen LogP contribution in [0.1, 0.15) is 15.9 Å². The summed E-state index contributed by atoms with van der Waals surface area (Å²) in [5.41, 5.74) is 1.42. The molecule has 5 nitrogen and oxygen atoms in total. The van der Waals surface area contributed by atoms with Crippen molar-refractivity contribution < 1.29 is 18.7 Å². The topological polar surface area (TPSA) is 58.6 Å². The molecule has 27 heavy (non-hydrogen) atoms. The molecule has 0 saturated carbocycles. The standard InChI is InChI=1S/C20H18BrFN2O3/c21-16-4-7-18(22)15(13-16)3-8-19(25)23-17-5-1-14(2-6-17)20(26)24-9-11-27-12-10-24/h1-8,13H,9-12H2,(H,23,25)/b8-3+. The zero-order valence-electron chi connectivity index (χ0n) is 14.5. The maximum absolute atomic E-state index is 13.7. The SMILES string of the molecule is O=C(/C=C/c1cc(Br)ccc1F)Nc1ccc(C(=O)N2CCOCC2)cc1. The lowest BCUT2D eigenvalue weighted by Crippen LogP contribution is -2.40. The van der Waals surface area contributed by atoms with Crippen LogP contribution in [0.5, 0.6) is 0 Å². The Kier molecular flexibility index (Phi) is 6.36. The number of amides is 2. The third-order valence-corrected chi connectivity index (χ3v) is 4.56. The number of rotatable bonds is 4. The minimum atomic E-state index is -0.409. The van der Waals surface area contributed by atoms with Gasteiger partial charge in [-0.25, -0.2) is 4.39 Å². The first-order valence-corrected chi connectivity index (χ1v) is 9.23. The number of benzene rings is 2. The molecule has 7 heteroatoms. The summed E-state index contributed by atoms with van der Waals surface area (Å²) in [7, 11) is 0. The summed E-state index contributed by atoms with van der Waals surface area (Å²) in [5, 5.41) is 2.69. The van der Waals surface area contributed by atoms with E-state index in [1.807, 2.05) is 0 Å². The largest absolute Gasteiger partial charge is 0.378 e. The van der Waals surface area contributed by atoms with E-state index < -0.39 is 5.82 Å². The summed E-state index contributed by atoms with van der Waals surface area (Å²) in [6.45, 7) is 2.25. The number of carbonyl (C=O) groups is 2. The fourth-order valence-electron chi connectivity index (χ4n) is 2.64. The molecular formula is C20H18BrFN2O3. The fraction of sp³-hybridized carbons (Fsp3) is 0.200. The minimum absolute atomic E-state index is 0.0544. The Hall–Kier alpha value is -2.51. The minimum Gasteiger partial charge on any atom is -0.378 e. The van der Waals surface area contributed by atoms with Gasteiger partial charge in [0, 0.05) is 40.5 Å². The van der Waals surface area contributed by atoms with Gasteiger partial charge in [-0.15, -0.1) is 0 Å². The first kappa shape index (κ1) is 19.3. The molecule has 3 rings (SSSR count). The van der Waals surface area contributed by atoms with E-state index in [-0.39, 0.29) is 11.8 Å². The van der Waals surface area contributed by atoms with Gasteiger partial charge in [0.15, 0.2) is 0 Å². The van der Waals surface area contributed by atoms with Gasteiger partial charge in [0.05, 0.1) is 13.2 Å². The van der Waals surface area contributed by atoms with Crippen LogP contribution in [0, 0.1) is 5.82 Å². The van der Waals surface area contributed by atoms with E-state index in [1.54, 1.807) is 41.3 Å². The van der Waals surface area contributed by atoms with Gasteiger partial charge in [0.2, 0.25) is 5.91 Å². The van der Waals surface area contributed by atoms with E-state index in [0.717, 1.165) is 4.47 Å². The second kappa shape index (κ2) is 8.92. The van der Waals surface area contributed by atoms with Crippen molar-refractivity contribution in [3.05, 3.63) is 70.0 Å². The summed E-state index contributed by atoms with van der Waals surface area (Å²) >= 11 is 3.27. The van der Waals surface area contributed by atoms with E-state index in [2.05, 4.69) is 21.2 Å². The second-order valence-electron chi connectivity index (χ2n) is 5.97. The molecule has 1 fully saturated rings. The van der Waals surface area contributed by atoms with Crippen molar-refractivity contribution in [1.29, 1.82) is 0 Å². The number of nitrogens with one attached hydrogen (secondary N) is 1. The molecule has 1 heterocycles. The molecular weight excluding hydrogens is 415 g/mol. The molecule has 2 aromatic carbocycles. The zero-order chi connectivity index (χ0) is 19.2. The lowest BCUT2D eigenvalue weighted by atomic mass is 10.1. The second-order valence-corrected chi connectivity index (χ2v) is 6.89. The quantitative estimate of drug-likeness (QED) is 0.749. The monoisotopic (exact) mass is 432 g/mol. The summed E-state index contributed by atoms with van der Waals surface area (Å²) in [4.78, 5) is 26.2. The maximum Gasteiger partial charge on any atom is 0.254 e. The third-order valence-electron chi connectivity index (χ3n) is 4.07.